The molecule has 0 N–H and O–H groups in total. The van der Waals surface area contributed by atoms with Gasteiger partial charge in [0.05, 0.1) is 12.2 Å². The molecule has 0 spiro atoms. The van der Waals surface area contributed by atoms with Crippen molar-refractivity contribution in [1.82, 2.24) is 4.98 Å². The van der Waals surface area contributed by atoms with Crippen molar-refractivity contribution in [3.8, 4) is 0 Å². The van der Waals surface area contributed by atoms with Crippen LogP contribution in [0.25, 0.3) is 0 Å². The number of hydrogen-bond donors (Lipinski definition) is 0. The Kier molecular flexibility index (Phi) is 6.15. The summed E-state index contributed by atoms with van der Waals surface area (Å²) in [5.74, 6) is -2.08. The third-order valence-electron chi connectivity index (χ3n) is 2.44. The molecular weight excluding hydrogens is 258 g/mol. The van der Waals surface area contributed by atoms with Gasteiger partial charge in [-0.2, -0.15) is 0 Å². The molecule has 1 aromatic heterocycles. The van der Waals surface area contributed by atoms with Crippen LogP contribution in [-0.2, 0) is 25.5 Å². The fraction of sp³-hybridized carbons (Fsp3) is 0.533. The zero-order valence-corrected chi connectivity index (χ0v) is 12.3. The van der Waals surface area contributed by atoms with Crippen molar-refractivity contribution in [2.45, 2.75) is 46.3 Å². The predicted molar refractivity (Wildman–Crippen MR) is 73.9 cm³/mol. The second-order valence-corrected chi connectivity index (χ2v) is 5.09. The molecule has 0 bridgehead atoms. The van der Waals surface area contributed by atoms with Gasteiger partial charge in [-0.05, 0) is 45.7 Å². The zero-order valence-electron chi connectivity index (χ0n) is 12.3. The molecule has 1 aromatic rings. The molecular formula is C15H21NO4. The van der Waals surface area contributed by atoms with Gasteiger partial charge in [-0.15, -0.1) is 0 Å². The van der Waals surface area contributed by atoms with Crippen LogP contribution in [0.4, 0.5) is 0 Å². The second-order valence-electron chi connectivity index (χ2n) is 5.09. The number of nitrogens with zero attached hydrogens (tertiary/aromatic N) is 1. The highest BCUT2D eigenvalue weighted by molar-refractivity contribution is 5.95. The van der Waals surface area contributed by atoms with Gasteiger partial charge in [-0.25, -0.2) is 0 Å². The van der Waals surface area contributed by atoms with E-state index in [-0.39, 0.29) is 18.6 Å². The third-order valence-corrected chi connectivity index (χ3v) is 2.44. The minimum absolute atomic E-state index is 0.227. The minimum atomic E-state index is -0.955. The number of hydrogen-bond acceptors (Lipinski definition) is 5. The maximum absolute atomic E-state index is 12.0. The molecule has 0 aromatic carbocycles. The molecule has 110 valence electrons. The molecule has 0 saturated heterocycles. The number of esters is 2. The lowest BCUT2D eigenvalue weighted by atomic mass is 10.0. The molecule has 20 heavy (non-hydrogen) atoms. The normalized spacial score (nSPS) is 10.9. The lowest BCUT2D eigenvalue weighted by molar-refractivity contribution is -0.166. The van der Waals surface area contributed by atoms with Crippen LogP contribution in [-0.4, -0.2) is 29.1 Å². The zero-order chi connectivity index (χ0) is 15.1. The van der Waals surface area contributed by atoms with Crippen molar-refractivity contribution in [3.63, 3.8) is 0 Å². The molecule has 0 amide bonds. The topological polar surface area (TPSA) is 65.5 Å². The Morgan fingerprint density at radius 3 is 2.05 bits per heavy atom. The predicted octanol–water partition coefficient (Wildman–Crippen LogP) is 2.14. The molecule has 0 aliphatic rings. The summed E-state index contributed by atoms with van der Waals surface area (Å²) in [5, 5.41) is 0. The van der Waals surface area contributed by atoms with Crippen LogP contribution < -0.4 is 0 Å². The Balaban J connectivity index is 2.83. The summed E-state index contributed by atoms with van der Waals surface area (Å²) < 4.78 is 10.3. The highest BCUT2D eigenvalue weighted by atomic mass is 16.6. The molecule has 5 heteroatoms. The lowest BCUT2D eigenvalue weighted by Crippen LogP contribution is -2.32. The molecule has 0 radical (unpaired) electrons. The van der Waals surface area contributed by atoms with E-state index in [4.69, 9.17) is 9.47 Å². The van der Waals surface area contributed by atoms with E-state index in [1.54, 1.807) is 46.2 Å². The largest absolute Gasteiger partial charge is 0.462 e. The van der Waals surface area contributed by atoms with Crippen molar-refractivity contribution >= 4 is 11.9 Å². The van der Waals surface area contributed by atoms with Gasteiger partial charge < -0.3 is 9.47 Å². The lowest BCUT2D eigenvalue weighted by Gasteiger charge is -2.18. The van der Waals surface area contributed by atoms with Crippen LogP contribution in [0.15, 0.2) is 24.5 Å². The Morgan fingerprint density at radius 1 is 1.10 bits per heavy atom. The Bertz CT molecular complexity index is 420. The molecule has 1 heterocycles. The van der Waals surface area contributed by atoms with Gasteiger partial charge in [0, 0.05) is 12.4 Å². The molecule has 0 fully saturated rings. The summed E-state index contributed by atoms with van der Waals surface area (Å²) in [6, 6.07) is 3.57. The third kappa shape index (κ3) is 5.38. The quantitative estimate of drug-likeness (QED) is 0.589. The molecule has 0 aliphatic carbocycles. The summed E-state index contributed by atoms with van der Waals surface area (Å²) >= 11 is 0. The first-order chi connectivity index (χ1) is 9.40. The van der Waals surface area contributed by atoms with E-state index < -0.39 is 17.9 Å². The summed E-state index contributed by atoms with van der Waals surface area (Å²) in [5.41, 5.74) is 0.791. The number of carbonyl (C=O) groups excluding carboxylic acids is 2. The Hall–Kier alpha value is -1.91. The monoisotopic (exact) mass is 279 g/mol. The number of carbonyl (C=O) groups is 2. The van der Waals surface area contributed by atoms with Crippen LogP contribution in [0.2, 0.25) is 0 Å². The number of rotatable bonds is 6. The number of ether oxygens (including phenoxy) is 2. The van der Waals surface area contributed by atoms with Crippen molar-refractivity contribution in [2.75, 3.05) is 0 Å². The summed E-state index contributed by atoms with van der Waals surface area (Å²) in [6.45, 7) is 6.97. The molecule has 0 aliphatic heterocycles. The first-order valence-electron chi connectivity index (χ1n) is 6.70. The second kappa shape index (κ2) is 7.62. The van der Waals surface area contributed by atoms with Gasteiger partial charge in [-0.3, -0.25) is 14.6 Å². The van der Waals surface area contributed by atoms with Crippen LogP contribution in [0.5, 0.6) is 0 Å². The average Bonchev–Trinajstić information content (AvgIpc) is 2.35. The number of pyridine rings is 1. The molecule has 1 rings (SSSR count). The fourth-order valence-electron chi connectivity index (χ4n) is 1.65. The maximum atomic E-state index is 12.0. The van der Waals surface area contributed by atoms with Gasteiger partial charge in [-0.1, -0.05) is 6.07 Å². The molecule has 0 unspecified atom stereocenters. The van der Waals surface area contributed by atoms with Gasteiger partial charge >= 0.3 is 11.9 Å². The Morgan fingerprint density at radius 2 is 1.65 bits per heavy atom. The number of aromatic nitrogens is 1. The SMILES string of the molecule is CC(C)OC(=O)C(Cc1cccnc1)C(=O)OC(C)C. The van der Waals surface area contributed by atoms with Gasteiger partial charge in [0.15, 0.2) is 5.92 Å². The van der Waals surface area contributed by atoms with E-state index in [9.17, 15) is 9.59 Å². The van der Waals surface area contributed by atoms with E-state index in [2.05, 4.69) is 4.98 Å². The Labute approximate surface area is 119 Å². The first-order valence-corrected chi connectivity index (χ1v) is 6.70. The molecule has 0 atom stereocenters. The fourth-order valence-corrected chi connectivity index (χ4v) is 1.65. The highest BCUT2D eigenvalue weighted by Crippen LogP contribution is 2.14. The summed E-state index contributed by atoms with van der Waals surface area (Å²) in [4.78, 5) is 28.0. The van der Waals surface area contributed by atoms with Gasteiger partial charge in [0.25, 0.3) is 0 Å². The van der Waals surface area contributed by atoms with Crippen molar-refractivity contribution in [3.05, 3.63) is 30.1 Å². The highest BCUT2D eigenvalue weighted by Gasteiger charge is 2.31. The smallest absolute Gasteiger partial charge is 0.320 e. The van der Waals surface area contributed by atoms with E-state index in [1.807, 2.05) is 6.07 Å². The van der Waals surface area contributed by atoms with Gasteiger partial charge in [0.2, 0.25) is 0 Å². The van der Waals surface area contributed by atoms with Crippen LogP contribution in [0, 0.1) is 5.92 Å². The molecule has 5 nitrogen and oxygen atoms in total. The standard InChI is InChI=1S/C15H21NO4/c1-10(2)19-14(17)13(15(18)20-11(3)4)8-12-6-5-7-16-9-12/h5-7,9-11,13H,8H2,1-4H3. The summed E-state index contributed by atoms with van der Waals surface area (Å²) in [7, 11) is 0. The van der Waals surface area contributed by atoms with Gasteiger partial charge in [0.1, 0.15) is 0 Å². The van der Waals surface area contributed by atoms with Crippen LogP contribution in [0.3, 0.4) is 0 Å². The van der Waals surface area contributed by atoms with Crippen LogP contribution in [0.1, 0.15) is 33.3 Å². The molecule has 0 saturated carbocycles. The van der Waals surface area contributed by atoms with Crippen molar-refractivity contribution < 1.29 is 19.1 Å². The van der Waals surface area contributed by atoms with E-state index in [0.29, 0.717) is 0 Å². The van der Waals surface area contributed by atoms with E-state index >= 15 is 0 Å². The van der Waals surface area contributed by atoms with Crippen LogP contribution >= 0.6 is 0 Å². The maximum Gasteiger partial charge on any atom is 0.320 e. The van der Waals surface area contributed by atoms with Crippen molar-refractivity contribution in [2.24, 2.45) is 5.92 Å². The minimum Gasteiger partial charge on any atom is -0.462 e. The van der Waals surface area contributed by atoms with E-state index in [0.717, 1.165) is 5.56 Å². The summed E-state index contributed by atoms with van der Waals surface area (Å²) in [6.07, 6.45) is 2.94. The van der Waals surface area contributed by atoms with Crippen molar-refractivity contribution in [1.29, 1.82) is 0 Å². The average molecular weight is 279 g/mol. The van der Waals surface area contributed by atoms with E-state index in [1.165, 1.54) is 0 Å². The first kappa shape index (κ1) is 16.1.